The van der Waals surface area contributed by atoms with Gasteiger partial charge in [-0.25, -0.2) is 0 Å². The van der Waals surface area contributed by atoms with Gasteiger partial charge in [0.15, 0.2) is 0 Å². The molecule has 0 aliphatic carbocycles. The zero-order valence-corrected chi connectivity index (χ0v) is 9.80. The van der Waals surface area contributed by atoms with Gasteiger partial charge in [0.2, 0.25) is 0 Å². The summed E-state index contributed by atoms with van der Waals surface area (Å²) >= 11 is 5.87. The van der Waals surface area contributed by atoms with Crippen LogP contribution in [0.15, 0.2) is 24.3 Å². The topological polar surface area (TPSA) is 35.8 Å². The van der Waals surface area contributed by atoms with Crippen LogP contribution >= 0.6 is 11.6 Å². The minimum atomic E-state index is -0.514. The fraction of sp³-hybridized carbons (Fsp3) is 0.417. The highest BCUT2D eigenvalue weighted by Gasteiger charge is 2.21. The van der Waals surface area contributed by atoms with Gasteiger partial charge in [-0.05, 0) is 31.5 Å². The lowest BCUT2D eigenvalue weighted by Gasteiger charge is -2.23. The first-order valence-electron chi connectivity index (χ1n) is 5.04. The Morgan fingerprint density at radius 3 is 2.80 bits per heavy atom. The average molecular weight is 223 g/mol. The highest BCUT2D eigenvalue weighted by molar-refractivity contribution is 6.30. The predicted molar refractivity (Wildman–Crippen MR) is 64.0 cm³/mol. The van der Waals surface area contributed by atoms with Crippen LogP contribution in [0.5, 0.6) is 0 Å². The summed E-state index contributed by atoms with van der Waals surface area (Å²) in [5.41, 5.74) is 0.374. The average Bonchev–Trinajstić information content (AvgIpc) is 2.18. The van der Waals surface area contributed by atoms with Crippen molar-refractivity contribution in [1.82, 2.24) is 0 Å². The number of anilines is 1. The summed E-state index contributed by atoms with van der Waals surface area (Å²) in [4.78, 5) is 0. The van der Waals surface area contributed by atoms with Gasteiger partial charge in [-0.1, -0.05) is 31.0 Å². The lowest BCUT2D eigenvalue weighted by Crippen LogP contribution is -2.32. The molecule has 1 aromatic rings. The highest BCUT2D eigenvalue weighted by atomic mass is 35.5. The zero-order chi connectivity index (χ0) is 11.3. The monoisotopic (exact) mass is 222 g/mol. The molecule has 0 aliphatic rings. The molecule has 2 nitrogen and oxygen atoms in total. The van der Waals surface area contributed by atoms with Crippen molar-refractivity contribution in [1.29, 1.82) is 5.26 Å². The smallest absolute Gasteiger partial charge is 0.122 e. The molecule has 15 heavy (non-hydrogen) atoms. The Bertz CT molecular complexity index is 370. The molecule has 1 unspecified atom stereocenters. The predicted octanol–water partition coefficient (Wildman–Crippen LogP) is 3.83. The number of nitriles is 1. The Morgan fingerprint density at radius 1 is 1.53 bits per heavy atom. The van der Waals surface area contributed by atoms with Crippen LogP contribution in [0.4, 0.5) is 5.69 Å². The Balaban J connectivity index is 2.80. The van der Waals surface area contributed by atoms with Gasteiger partial charge >= 0.3 is 0 Å². The Kier molecular flexibility index (Phi) is 3.99. The highest BCUT2D eigenvalue weighted by Crippen LogP contribution is 2.21. The van der Waals surface area contributed by atoms with Gasteiger partial charge in [0.25, 0.3) is 0 Å². The molecule has 1 N–H and O–H groups in total. The van der Waals surface area contributed by atoms with E-state index in [4.69, 9.17) is 16.9 Å². The van der Waals surface area contributed by atoms with E-state index in [2.05, 4.69) is 18.3 Å². The fourth-order valence-corrected chi connectivity index (χ4v) is 1.72. The molecule has 0 saturated carbocycles. The second-order valence-corrected chi connectivity index (χ2v) is 4.27. The summed E-state index contributed by atoms with van der Waals surface area (Å²) < 4.78 is 0. The van der Waals surface area contributed by atoms with Crippen LogP contribution in [-0.2, 0) is 0 Å². The standard InChI is InChI=1S/C12H15ClN2/c1-3-7-12(2,9-14)15-11-6-4-5-10(13)8-11/h4-6,8,15H,3,7H2,1-2H3. The summed E-state index contributed by atoms with van der Waals surface area (Å²) in [5.74, 6) is 0. The lowest BCUT2D eigenvalue weighted by molar-refractivity contribution is 0.579. The largest absolute Gasteiger partial charge is 0.368 e. The first-order valence-corrected chi connectivity index (χ1v) is 5.42. The molecule has 0 bridgehead atoms. The van der Waals surface area contributed by atoms with Crippen molar-refractivity contribution in [3.63, 3.8) is 0 Å². The Labute approximate surface area is 95.9 Å². The van der Waals surface area contributed by atoms with Crippen molar-refractivity contribution < 1.29 is 0 Å². The molecule has 0 heterocycles. The number of halogens is 1. The maximum Gasteiger partial charge on any atom is 0.122 e. The van der Waals surface area contributed by atoms with Gasteiger partial charge in [-0.3, -0.25) is 0 Å². The van der Waals surface area contributed by atoms with Crippen LogP contribution in [0.2, 0.25) is 5.02 Å². The first kappa shape index (κ1) is 11.9. The zero-order valence-electron chi connectivity index (χ0n) is 9.05. The van der Waals surface area contributed by atoms with Gasteiger partial charge in [-0.15, -0.1) is 0 Å². The van der Waals surface area contributed by atoms with E-state index in [1.807, 2.05) is 31.2 Å². The van der Waals surface area contributed by atoms with Gasteiger partial charge in [-0.2, -0.15) is 5.26 Å². The molecular weight excluding hydrogens is 208 g/mol. The van der Waals surface area contributed by atoms with Crippen LogP contribution in [0.25, 0.3) is 0 Å². The minimum absolute atomic E-state index is 0.514. The minimum Gasteiger partial charge on any atom is -0.368 e. The summed E-state index contributed by atoms with van der Waals surface area (Å²) in [6, 6.07) is 9.72. The molecule has 0 amide bonds. The van der Waals surface area contributed by atoms with Crippen molar-refractivity contribution in [2.24, 2.45) is 0 Å². The van der Waals surface area contributed by atoms with Crippen molar-refractivity contribution in [3.8, 4) is 6.07 Å². The molecule has 0 saturated heterocycles. The maximum atomic E-state index is 9.10. The fourth-order valence-electron chi connectivity index (χ4n) is 1.53. The van der Waals surface area contributed by atoms with Gasteiger partial charge in [0.1, 0.15) is 5.54 Å². The van der Waals surface area contributed by atoms with Crippen LogP contribution in [0, 0.1) is 11.3 Å². The summed E-state index contributed by atoms with van der Waals surface area (Å²) in [6.45, 7) is 3.96. The Hall–Kier alpha value is -1.20. The van der Waals surface area contributed by atoms with Crippen LogP contribution in [0.1, 0.15) is 26.7 Å². The van der Waals surface area contributed by atoms with E-state index in [0.717, 1.165) is 18.5 Å². The first-order chi connectivity index (χ1) is 7.09. The maximum absolute atomic E-state index is 9.10. The normalized spacial score (nSPS) is 14.0. The molecule has 0 spiro atoms. The molecule has 80 valence electrons. The molecule has 1 aromatic carbocycles. The third-order valence-electron chi connectivity index (χ3n) is 2.24. The third kappa shape index (κ3) is 3.45. The molecule has 0 aromatic heterocycles. The second-order valence-electron chi connectivity index (χ2n) is 3.83. The van der Waals surface area contributed by atoms with E-state index in [0.29, 0.717) is 5.02 Å². The number of nitrogens with zero attached hydrogens (tertiary/aromatic N) is 1. The van der Waals surface area contributed by atoms with Crippen molar-refractivity contribution in [2.45, 2.75) is 32.2 Å². The number of hydrogen-bond acceptors (Lipinski definition) is 2. The van der Waals surface area contributed by atoms with Crippen LogP contribution in [-0.4, -0.2) is 5.54 Å². The van der Waals surface area contributed by atoms with Crippen LogP contribution < -0.4 is 5.32 Å². The number of benzene rings is 1. The summed E-state index contributed by atoms with van der Waals surface area (Å²) in [7, 11) is 0. The van der Waals surface area contributed by atoms with Gasteiger partial charge in [0, 0.05) is 10.7 Å². The number of nitrogens with one attached hydrogen (secondary N) is 1. The van der Waals surface area contributed by atoms with E-state index in [1.54, 1.807) is 0 Å². The van der Waals surface area contributed by atoms with Crippen LogP contribution in [0.3, 0.4) is 0 Å². The van der Waals surface area contributed by atoms with Gasteiger partial charge < -0.3 is 5.32 Å². The summed E-state index contributed by atoms with van der Waals surface area (Å²) in [6.07, 6.45) is 1.79. The molecule has 3 heteroatoms. The molecule has 1 atom stereocenters. The van der Waals surface area contributed by atoms with Crippen molar-refractivity contribution in [2.75, 3.05) is 5.32 Å². The number of rotatable bonds is 4. The van der Waals surface area contributed by atoms with E-state index in [-0.39, 0.29) is 0 Å². The van der Waals surface area contributed by atoms with E-state index < -0.39 is 5.54 Å². The molecule has 1 rings (SSSR count). The lowest BCUT2D eigenvalue weighted by atomic mass is 9.98. The SMILES string of the molecule is CCCC(C)(C#N)Nc1cccc(Cl)c1. The molecule has 0 radical (unpaired) electrons. The van der Waals surface area contributed by atoms with E-state index in [9.17, 15) is 0 Å². The Morgan fingerprint density at radius 2 is 2.27 bits per heavy atom. The quantitative estimate of drug-likeness (QED) is 0.841. The number of hydrogen-bond donors (Lipinski definition) is 1. The molecular formula is C12H15ClN2. The third-order valence-corrected chi connectivity index (χ3v) is 2.48. The van der Waals surface area contributed by atoms with E-state index in [1.165, 1.54) is 0 Å². The second kappa shape index (κ2) is 5.04. The molecule has 0 aliphatic heterocycles. The van der Waals surface area contributed by atoms with Crippen molar-refractivity contribution >= 4 is 17.3 Å². The summed E-state index contributed by atoms with van der Waals surface area (Å²) in [5, 5.41) is 13.0. The van der Waals surface area contributed by atoms with Gasteiger partial charge in [0.05, 0.1) is 6.07 Å². The van der Waals surface area contributed by atoms with E-state index >= 15 is 0 Å². The van der Waals surface area contributed by atoms with Crippen molar-refractivity contribution in [3.05, 3.63) is 29.3 Å². The molecule has 0 fully saturated rings.